The van der Waals surface area contributed by atoms with Gasteiger partial charge in [0.15, 0.2) is 5.82 Å². The third-order valence-electron chi connectivity index (χ3n) is 14.9. The molecule has 70 heavy (non-hydrogen) atoms. The maximum absolute atomic E-state index is 5.19. The molecule has 0 amide bonds. The van der Waals surface area contributed by atoms with Gasteiger partial charge in [-0.25, -0.2) is 9.97 Å². The van der Waals surface area contributed by atoms with Crippen molar-refractivity contribution in [1.82, 2.24) is 14.4 Å². The average Bonchev–Trinajstić information content (AvgIpc) is 4.03. The fourth-order valence-corrected chi connectivity index (χ4v) is 11.5. The molecule has 328 valence electrons. The van der Waals surface area contributed by atoms with Crippen molar-refractivity contribution < 1.29 is 0 Å². The van der Waals surface area contributed by atoms with Crippen LogP contribution in [0.25, 0.3) is 128 Å². The summed E-state index contributed by atoms with van der Waals surface area (Å²) in [5, 5.41) is 5.13. The van der Waals surface area contributed by atoms with Crippen LogP contribution in [0.5, 0.6) is 0 Å². The van der Waals surface area contributed by atoms with Gasteiger partial charge in [-0.05, 0) is 97.6 Å². The Kier molecular flexibility index (Phi) is 8.93. The number of para-hydroxylation sites is 2. The molecule has 0 bridgehead atoms. The summed E-state index contributed by atoms with van der Waals surface area (Å²) >= 11 is 0. The Balaban J connectivity index is 0.852. The van der Waals surface area contributed by atoms with Crippen molar-refractivity contribution in [3.63, 3.8) is 0 Å². The number of benzene rings is 10. The Hall–Kier alpha value is -8.92. The van der Waals surface area contributed by atoms with Crippen LogP contribution in [0.4, 0.5) is 0 Å². The van der Waals surface area contributed by atoms with Crippen molar-refractivity contribution >= 4 is 38.1 Å². The Morgan fingerprint density at radius 1 is 0.300 bits per heavy atom. The van der Waals surface area contributed by atoms with Gasteiger partial charge in [-0.15, -0.1) is 0 Å². The zero-order chi connectivity index (χ0) is 46.5. The fourth-order valence-electron chi connectivity index (χ4n) is 11.5. The Morgan fingerprint density at radius 3 is 1.37 bits per heavy atom. The Labute approximate surface area is 407 Å². The first-order chi connectivity index (χ1) is 34.4. The number of nitrogens with zero attached hydrogens (tertiary/aromatic N) is 3. The predicted molar refractivity (Wildman–Crippen MR) is 292 cm³/mol. The first-order valence-corrected chi connectivity index (χ1v) is 24.2. The Morgan fingerprint density at radius 2 is 0.743 bits per heavy atom. The topological polar surface area (TPSA) is 30.2 Å². The van der Waals surface area contributed by atoms with Gasteiger partial charge in [0.1, 0.15) is 0 Å². The molecule has 1 aliphatic rings. The minimum Gasteiger partial charge on any atom is -0.307 e. The van der Waals surface area contributed by atoms with E-state index in [1.807, 2.05) is 12.1 Å². The summed E-state index contributed by atoms with van der Waals surface area (Å²) in [5.74, 6) is 0.720. The van der Waals surface area contributed by atoms with E-state index in [2.05, 4.69) is 243 Å². The number of hydrogen-bond acceptors (Lipinski definition) is 2. The van der Waals surface area contributed by atoms with Gasteiger partial charge in [-0.1, -0.05) is 214 Å². The number of aromatic nitrogens is 3. The summed E-state index contributed by atoms with van der Waals surface area (Å²) in [4.78, 5) is 10.4. The van der Waals surface area contributed by atoms with E-state index in [4.69, 9.17) is 9.97 Å². The van der Waals surface area contributed by atoms with Gasteiger partial charge in [-0.2, -0.15) is 0 Å². The fraction of sp³-hybridized carbons (Fsp3) is 0.0448. The van der Waals surface area contributed by atoms with E-state index in [0.717, 1.165) is 33.9 Å². The molecule has 0 unspecified atom stereocenters. The van der Waals surface area contributed by atoms with Crippen LogP contribution in [0.15, 0.2) is 237 Å². The minimum atomic E-state index is -0.159. The van der Waals surface area contributed by atoms with Gasteiger partial charge in [0.05, 0.1) is 27.9 Å². The van der Waals surface area contributed by atoms with Crippen molar-refractivity contribution in [3.05, 3.63) is 248 Å². The average molecular weight is 892 g/mol. The zero-order valence-corrected chi connectivity index (χ0v) is 38.9. The minimum absolute atomic E-state index is 0.159. The second kappa shape index (κ2) is 15.6. The molecule has 0 atom stereocenters. The summed E-state index contributed by atoms with van der Waals surface area (Å²) in [5.41, 5.74) is 23.3. The summed E-state index contributed by atoms with van der Waals surface area (Å²) < 4.78 is 2.53. The van der Waals surface area contributed by atoms with Crippen LogP contribution in [0, 0.1) is 0 Å². The predicted octanol–water partition coefficient (Wildman–Crippen LogP) is 17.6. The maximum Gasteiger partial charge on any atom is 0.160 e. The molecule has 3 heterocycles. The van der Waals surface area contributed by atoms with E-state index in [0.29, 0.717) is 0 Å². The molecule has 1 aliphatic carbocycles. The van der Waals surface area contributed by atoms with E-state index < -0.39 is 0 Å². The lowest BCUT2D eigenvalue weighted by molar-refractivity contribution is 0.660. The molecule has 14 rings (SSSR count). The lowest BCUT2D eigenvalue weighted by atomic mass is 9.82. The zero-order valence-electron chi connectivity index (χ0n) is 38.9. The second-order valence-electron chi connectivity index (χ2n) is 19.3. The van der Waals surface area contributed by atoms with E-state index >= 15 is 0 Å². The van der Waals surface area contributed by atoms with E-state index in [9.17, 15) is 0 Å². The van der Waals surface area contributed by atoms with Crippen molar-refractivity contribution in [2.75, 3.05) is 0 Å². The highest BCUT2D eigenvalue weighted by atomic mass is 14.9. The first kappa shape index (κ1) is 40.2. The van der Waals surface area contributed by atoms with Crippen LogP contribution in [0.1, 0.15) is 25.0 Å². The van der Waals surface area contributed by atoms with Crippen molar-refractivity contribution in [2.45, 2.75) is 19.3 Å². The van der Waals surface area contributed by atoms with Crippen LogP contribution in [-0.4, -0.2) is 14.4 Å². The molecular formula is C67H45N3. The SMILES string of the molecule is CC1(C)c2ccc(-c3cccc(-c4cccc(-c5cccc6c7cccc8c9ccc(-c%10ccccc%10)cc9n(c56)c87)c4)c3)cc2-c2cc(-c3nc(-c4ccccc4)cc(-c4ccccc4)n3)ccc21. The molecule has 3 heteroatoms. The Bertz CT molecular complexity index is 4130. The van der Waals surface area contributed by atoms with Crippen molar-refractivity contribution in [1.29, 1.82) is 0 Å². The molecule has 0 saturated heterocycles. The summed E-state index contributed by atoms with van der Waals surface area (Å²) in [6, 6.07) is 86.1. The standard InChI is InChI=1S/C67H45N3/c1-67(2)59-34-31-48(38-57(59)58-39-51(32-35-60(58)67)66-68-61(43-18-8-4-9-19-43)41-62(69-66)44-20-10-5-11-21-44)46-23-12-22-45(36-46)47-24-13-25-50(37-47)52-26-14-28-55-56-29-15-27-54-53-33-30-49(42-16-6-3-7-17-42)40-63(53)70(64(52)55)65(54)56/h3-41H,1-2H3. The summed E-state index contributed by atoms with van der Waals surface area (Å²) in [6.07, 6.45) is 0. The maximum atomic E-state index is 5.19. The van der Waals surface area contributed by atoms with Crippen LogP contribution in [-0.2, 0) is 5.41 Å². The molecule has 10 aromatic carbocycles. The molecule has 3 nitrogen and oxygen atoms in total. The third-order valence-corrected chi connectivity index (χ3v) is 14.9. The molecule has 0 saturated carbocycles. The summed E-state index contributed by atoms with van der Waals surface area (Å²) in [6.45, 7) is 4.68. The van der Waals surface area contributed by atoms with Gasteiger partial charge in [0, 0.05) is 49.2 Å². The second-order valence-corrected chi connectivity index (χ2v) is 19.3. The van der Waals surface area contributed by atoms with Gasteiger partial charge < -0.3 is 4.40 Å². The number of rotatable bonds is 7. The normalized spacial score (nSPS) is 12.8. The number of hydrogen-bond donors (Lipinski definition) is 0. The molecule has 3 aromatic heterocycles. The quantitative estimate of drug-likeness (QED) is 0.160. The molecule has 0 aliphatic heterocycles. The van der Waals surface area contributed by atoms with Crippen LogP contribution >= 0.6 is 0 Å². The highest BCUT2D eigenvalue weighted by molar-refractivity contribution is 6.25. The highest BCUT2D eigenvalue weighted by Crippen LogP contribution is 2.51. The van der Waals surface area contributed by atoms with Crippen molar-refractivity contribution in [3.8, 4) is 89.5 Å². The smallest absolute Gasteiger partial charge is 0.160 e. The van der Waals surface area contributed by atoms with Crippen molar-refractivity contribution in [2.24, 2.45) is 0 Å². The molecule has 0 fully saturated rings. The molecule has 13 aromatic rings. The first-order valence-electron chi connectivity index (χ1n) is 24.2. The van der Waals surface area contributed by atoms with Crippen LogP contribution in [0.3, 0.4) is 0 Å². The lowest BCUT2D eigenvalue weighted by Crippen LogP contribution is -2.14. The van der Waals surface area contributed by atoms with Gasteiger partial charge in [0.2, 0.25) is 0 Å². The lowest BCUT2D eigenvalue weighted by Gasteiger charge is -2.21. The number of fused-ring (bicyclic) bond motifs is 9. The third kappa shape index (κ3) is 6.28. The van der Waals surface area contributed by atoms with Gasteiger partial charge >= 0.3 is 0 Å². The monoisotopic (exact) mass is 891 g/mol. The highest BCUT2D eigenvalue weighted by Gasteiger charge is 2.36. The molecule has 0 spiro atoms. The van der Waals surface area contributed by atoms with E-state index in [-0.39, 0.29) is 5.41 Å². The summed E-state index contributed by atoms with van der Waals surface area (Å²) in [7, 11) is 0. The van der Waals surface area contributed by atoms with Crippen LogP contribution in [0.2, 0.25) is 0 Å². The van der Waals surface area contributed by atoms with E-state index in [1.54, 1.807) is 0 Å². The van der Waals surface area contributed by atoms with Crippen LogP contribution < -0.4 is 0 Å². The molecule has 0 N–H and O–H groups in total. The molecule has 0 radical (unpaired) electrons. The molecular weight excluding hydrogens is 847 g/mol. The van der Waals surface area contributed by atoms with Gasteiger partial charge in [0.25, 0.3) is 0 Å². The van der Waals surface area contributed by atoms with Gasteiger partial charge in [-0.3, -0.25) is 0 Å². The van der Waals surface area contributed by atoms with E-state index in [1.165, 1.54) is 105 Å². The largest absolute Gasteiger partial charge is 0.307 e.